The highest BCUT2D eigenvalue weighted by atomic mass is 127. The summed E-state index contributed by atoms with van der Waals surface area (Å²) >= 11 is 6.48. The lowest BCUT2D eigenvalue weighted by Gasteiger charge is -2.00. The van der Waals surface area contributed by atoms with Gasteiger partial charge in [-0.2, -0.15) is 4.37 Å². The maximum absolute atomic E-state index is 13.5. The van der Waals surface area contributed by atoms with Gasteiger partial charge in [-0.15, -0.1) is 0 Å². The van der Waals surface area contributed by atoms with Crippen LogP contribution in [-0.2, 0) is 0 Å². The molecule has 0 N–H and O–H groups in total. The molecule has 2 rings (SSSR count). The molecule has 0 aliphatic carbocycles. The Labute approximate surface area is 106 Å². The highest BCUT2D eigenvalue weighted by Crippen LogP contribution is 2.31. The molecule has 0 aliphatic rings. The van der Waals surface area contributed by atoms with Gasteiger partial charge in [-0.25, -0.2) is 9.37 Å². The average molecular weight is 385 g/mol. The van der Waals surface area contributed by atoms with Gasteiger partial charge in [0.25, 0.3) is 0 Å². The molecule has 1 aromatic carbocycles. The van der Waals surface area contributed by atoms with E-state index in [4.69, 9.17) is 0 Å². The van der Waals surface area contributed by atoms with Crippen LogP contribution in [0, 0.1) is 9.65 Å². The van der Waals surface area contributed by atoms with Gasteiger partial charge in [-0.05, 0) is 39.6 Å². The molecule has 0 radical (unpaired) electrons. The van der Waals surface area contributed by atoms with Crippen molar-refractivity contribution >= 4 is 50.1 Å². The van der Waals surface area contributed by atoms with Crippen LogP contribution in [0.15, 0.2) is 22.7 Å². The summed E-state index contributed by atoms with van der Waals surface area (Å²) in [6, 6.07) is 4.84. The smallest absolute Gasteiger partial charge is 0.203 e. The van der Waals surface area contributed by atoms with E-state index in [0.717, 1.165) is 0 Å². The predicted octanol–water partition coefficient (Wildman–Crippen LogP) is 3.71. The fourth-order valence-corrected chi connectivity index (χ4v) is 3.00. The Morgan fingerprint density at radius 2 is 2.21 bits per heavy atom. The minimum absolute atomic E-state index is 0.285. The molecule has 2 aromatic rings. The van der Waals surface area contributed by atoms with Gasteiger partial charge < -0.3 is 0 Å². The van der Waals surface area contributed by atoms with Crippen LogP contribution in [0.5, 0.6) is 0 Å². The normalized spacial score (nSPS) is 10.5. The van der Waals surface area contributed by atoms with Crippen molar-refractivity contribution < 1.29 is 4.39 Å². The lowest BCUT2D eigenvalue weighted by molar-refractivity contribution is 0.630. The highest BCUT2D eigenvalue weighted by Gasteiger charge is 2.13. The molecule has 1 heterocycles. The van der Waals surface area contributed by atoms with Crippen molar-refractivity contribution in [1.29, 1.82) is 0 Å². The van der Waals surface area contributed by atoms with E-state index in [9.17, 15) is 4.39 Å². The minimum Gasteiger partial charge on any atom is -0.209 e. The first kappa shape index (κ1) is 10.4. The molecule has 1 aromatic heterocycles. The van der Waals surface area contributed by atoms with E-state index in [1.807, 2.05) is 22.6 Å². The fourth-order valence-electron chi connectivity index (χ4n) is 1.01. The second kappa shape index (κ2) is 4.19. The van der Waals surface area contributed by atoms with Crippen LogP contribution in [0.3, 0.4) is 0 Å². The molecule has 0 bridgehead atoms. The van der Waals surface area contributed by atoms with Crippen LogP contribution < -0.4 is 0 Å². The lowest BCUT2D eigenvalue weighted by Crippen LogP contribution is -1.85. The summed E-state index contributed by atoms with van der Waals surface area (Å²) < 4.78 is 18.8. The molecule has 0 fully saturated rings. The van der Waals surface area contributed by atoms with Crippen LogP contribution in [0.4, 0.5) is 4.39 Å². The van der Waals surface area contributed by atoms with E-state index in [-0.39, 0.29) is 5.82 Å². The van der Waals surface area contributed by atoms with Crippen molar-refractivity contribution in [3.05, 3.63) is 32.3 Å². The van der Waals surface area contributed by atoms with Crippen molar-refractivity contribution in [3.63, 3.8) is 0 Å². The molecular formula is C8H3BrFIN2S. The van der Waals surface area contributed by atoms with E-state index in [1.165, 1.54) is 17.6 Å². The molecule has 0 unspecified atom stereocenters. The molecule has 6 heteroatoms. The van der Waals surface area contributed by atoms with E-state index in [1.54, 1.807) is 12.1 Å². The number of rotatable bonds is 1. The molecule has 0 spiro atoms. The summed E-state index contributed by atoms with van der Waals surface area (Å²) in [7, 11) is 0. The number of hydrogen-bond acceptors (Lipinski definition) is 3. The first-order chi connectivity index (χ1) is 6.68. The van der Waals surface area contributed by atoms with Crippen molar-refractivity contribution in [3.8, 4) is 10.6 Å². The summed E-state index contributed by atoms with van der Waals surface area (Å²) in [6.07, 6.45) is 0. The summed E-state index contributed by atoms with van der Waals surface area (Å²) in [5, 5.41) is 0.597. The molecule has 0 atom stereocenters. The van der Waals surface area contributed by atoms with Gasteiger partial charge in [-0.1, -0.05) is 6.07 Å². The van der Waals surface area contributed by atoms with Gasteiger partial charge >= 0.3 is 0 Å². The largest absolute Gasteiger partial charge is 0.209 e. The van der Waals surface area contributed by atoms with Gasteiger partial charge in [0.05, 0.1) is 5.56 Å². The molecule has 0 aliphatic heterocycles. The topological polar surface area (TPSA) is 25.8 Å². The molecule has 72 valence electrons. The Morgan fingerprint density at radius 3 is 2.79 bits per heavy atom. The third-order valence-corrected chi connectivity index (χ3v) is 3.78. The maximum Gasteiger partial charge on any atom is 0.203 e. The Bertz CT molecular complexity index is 454. The summed E-state index contributed by atoms with van der Waals surface area (Å²) in [5.41, 5.74) is 0.480. The van der Waals surface area contributed by atoms with Crippen LogP contribution in [0.2, 0.25) is 0 Å². The van der Waals surface area contributed by atoms with Crippen molar-refractivity contribution in [2.24, 2.45) is 0 Å². The average Bonchev–Trinajstić information content (AvgIpc) is 2.51. The standard InChI is InChI=1S/C8H3BrFIN2S/c9-4-2-1-3-5(10)6(4)7-12-8(11)13-14-7/h1-3H. The fraction of sp³-hybridized carbons (Fsp3) is 0. The number of aromatic nitrogens is 2. The van der Waals surface area contributed by atoms with E-state index in [0.29, 0.717) is 18.9 Å². The van der Waals surface area contributed by atoms with Crippen LogP contribution in [-0.4, -0.2) is 9.36 Å². The van der Waals surface area contributed by atoms with Crippen LogP contribution in [0.1, 0.15) is 0 Å². The Balaban J connectivity index is 2.61. The van der Waals surface area contributed by atoms with Gasteiger partial charge in [0.1, 0.15) is 10.8 Å². The van der Waals surface area contributed by atoms with Crippen molar-refractivity contribution in [1.82, 2.24) is 9.36 Å². The van der Waals surface area contributed by atoms with Crippen molar-refractivity contribution in [2.75, 3.05) is 0 Å². The zero-order valence-corrected chi connectivity index (χ0v) is 11.2. The monoisotopic (exact) mass is 384 g/mol. The van der Waals surface area contributed by atoms with Crippen LogP contribution in [0.25, 0.3) is 10.6 Å². The number of hydrogen-bond donors (Lipinski definition) is 0. The van der Waals surface area contributed by atoms with E-state index >= 15 is 0 Å². The Morgan fingerprint density at radius 1 is 1.43 bits per heavy atom. The van der Waals surface area contributed by atoms with E-state index in [2.05, 4.69) is 25.3 Å². The number of nitrogens with zero attached hydrogens (tertiary/aromatic N) is 2. The SMILES string of the molecule is Fc1cccc(Br)c1-c1nc(I)ns1. The number of benzene rings is 1. The molecule has 14 heavy (non-hydrogen) atoms. The second-order valence-electron chi connectivity index (χ2n) is 2.47. The van der Waals surface area contributed by atoms with Crippen molar-refractivity contribution in [2.45, 2.75) is 0 Å². The van der Waals surface area contributed by atoms with Crippen LogP contribution >= 0.6 is 50.1 Å². The second-order valence-corrected chi connectivity index (χ2v) is 5.04. The Hall–Kier alpha value is -0.0800. The molecule has 2 nitrogen and oxygen atoms in total. The summed E-state index contributed by atoms with van der Waals surface area (Å²) in [4.78, 5) is 4.13. The predicted molar refractivity (Wildman–Crippen MR) is 65.7 cm³/mol. The van der Waals surface area contributed by atoms with Gasteiger partial charge in [0.15, 0.2) is 0 Å². The number of halogens is 3. The first-order valence-electron chi connectivity index (χ1n) is 3.62. The zero-order chi connectivity index (χ0) is 10.1. The van der Waals surface area contributed by atoms with Gasteiger partial charge in [0, 0.05) is 27.1 Å². The zero-order valence-electron chi connectivity index (χ0n) is 6.67. The summed E-state index contributed by atoms with van der Waals surface area (Å²) in [5.74, 6) is -0.285. The molecule has 0 saturated heterocycles. The third-order valence-electron chi connectivity index (χ3n) is 1.58. The van der Waals surface area contributed by atoms with Gasteiger partial charge in [-0.3, -0.25) is 0 Å². The lowest BCUT2D eigenvalue weighted by atomic mass is 10.2. The minimum atomic E-state index is -0.285. The molecular weight excluding hydrogens is 382 g/mol. The molecule has 0 saturated carbocycles. The highest BCUT2D eigenvalue weighted by molar-refractivity contribution is 14.1. The summed E-state index contributed by atoms with van der Waals surface area (Å²) in [6.45, 7) is 0. The quantitative estimate of drug-likeness (QED) is 0.700. The molecule has 0 amide bonds. The third kappa shape index (κ3) is 1.96. The van der Waals surface area contributed by atoms with Gasteiger partial charge in [0.2, 0.25) is 3.83 Å². The maximum atomic E-state index is 13.5. The Kier molecular flexibility index (Phi) is 3.13. The first-order valence-corrected chi connectivity index (χ1v) is 6.26. The van der Waals surface area contributed by atoms with E-state index < -0.39 is 0 Å².